The Labute approximate surface area is 74.3 Å². The van der Waals surface area contributed by atoms with Crippen LogP contribution in [0.15, 0.2) is 24.3 Å². The van der Waals surface area contributed by atoms with Crippen molar-refractivity contribution in [1.29, 1.82) is 5.26 Å². The summed E-state index contributed by atoms with van der Waals surface area (Å²) in [4.78, 5) is 9.88. The Morgan fingerprint density at radius 3 is 2.85 bits per heavy atom. The van der Waals surface area contributed by atoms with Gasteiger partial charge in [0.1, 0.15) is 6.07 Å². The molecular weight excluding hydrogens is 172 g/mol. The number of hydrogen-bond acceptors (Lipinski definition) is 4. The lowest BCUT2D eigenvalue weighted by atomic mass is 10.3. The molecule has 0 aliphatic carbocycles. The maximum absolute atomic E-state index is 10.4. The van der Waals surface area contributed by atoms with Crippen molar-refractivity contribution in [3.63, 3.8) is 0 Å². The fourth-order valence-electron chi connectivity index (χ4n) is 0.840. The zero-order valence-electron chi connectivity index (χ0n) is 6.64. The molecule has 1 aromatic carbocycles. The van der Waals surface area contributed by atoms with Crippen LogP contribution in [0.1, 0.15) is 0 Å². The second-order valence-corrected chi connectivity index (χ2v) is 2.17. The van der Waals surface area contributed by atoms with Gasteiger partial charge < -0.3 is 4.74 Å². The van der Waals surface area contributed by atoms with Crippen LogP contribution in [0.2, 0.25) is 0 Å². The van der Waals surface area contributed by atoms with Gasteiger partial charge in [-0.3, -0.25) is 10.1 Å². The molecule has 0 N–H and O–H groups in total. The largest absolute Gasteiger partial charge is 0.472 e. The van der Waals surface area contributed by atoms with Gasteiger partial charge in [-0.05, 0) is 6.07 Å². The molecule has 0 amide bonds. The minimum atomic E-state index is -0.549. The number of nitro groups is 1. The third-order valence-electron chi connectivity index (χ3n) is 1.35. The zero-order chi connectivity index (χ0) is 9.68. The molecule has 0 spiro atoms. The van der Waals surface area contributed by atoms with Crippen LogP contribution in [0.4, 0.5) is 5.69 Å². The van der Waals surface area contributed by atoms with Crippen LogP contribution < -0.4 is 4.74 Å². The molecule has 1 rings (SSSR count). The molecule has 0 unspecified atom stereocenters. The van der Waals surface area contributed by atoms with Crippen molar-refractivity contribution in [2.24, 2.45) is 0 Å². The van der Waals surface area contributed by atoms with Crippen LogP contribution in [0.5, 0.6) is 5.75 Å². The van der Waals surface area contributed by atoms with Gasteiger partial charge in [-0.1, -0.05) is 12.1 Å². The maximum atomic E-state index is 10.4. The van der Waals surface area contributed by atoms with Crippen molar-refractivity contribution in [3.8, 4) is 11.8 Å². The lowest BCUT2D eigenvalue weighted by Crippen LogP contribution is -1.97. The number of nitrogens with zero attached hydrogens (tertiary/aromatic N) is 2. The number of hydrogen-bond donors (Lipinski definition) is 0. The molecule has 1 aromatic rings. The topological polar surface area (TPSA) is 76.2 Å². The number of nitro benzene ring substituents is 1. The Morgan fingerprint density at radius 2 is 2.23 bits per heavy atom. The minimum absolute atomic E-state index is 0.119. The monoisotopic (exact) mass is 178 g/mol. The van der Waals surface area contributed by atoms with Crippen LogP contribution >= 0.6 is 0 Å². The summed E-state index contributed by atoms with van der Waals surface area (Å²) in [6.45, 7) is -0.190. The van der Waals surface area contributed by atoms with Gasteiger partial charge >= 0.3 is 5.69 Å². The molecule has 0 saturated heterocycles. The van der Waals surface area contributed by atoms with Gasteiger partial charge in [0.2, 0.25) is 0 Å². The van der Waals surface area contributed by atoms with E-state index in [1.807, 2.05) is 0 Å². The van der Waals surface area contributed by atoms with E-state index in [9.17, 15) is 10.1 Å². The standard InChI is InChI=1S/C8H6N2O3/c9-5-6-13-8-4-2-1-3-7(8)10(11)12/h1-4H,6H2. The molecule has 66 valence electrons. The average Bonchev–Trinajstić information content (AvgIpc) is 2.15. The van der Waals surface area contributed by atoms with Crippen LogP contribution in [0.25, 0.3) is 0 Å². The zero-order valence-corrected chi connectivity index (χ0v) is 6.64. The minimum Gasteiger partial charge on any atom is -0.472 e. The molecule has 0 aliphatic heterocycles. The van der Waals surface area contributed by atoms with Gasteiger partial charge in [0, 0.05) is 6.07 Å². The predicted octanol–water partition coefficient (Wildman–Crippen LogP) is 1.50. The van der Waals surface area contributed by atoms with Crippen LogP contribution in [0, 0.1) is 21.4 Å². The first-order valence-electron chi connectivity index (χ1n) is 3.49. The maximum Gasteiger partial charge on any atom is 0.310 e. The molecule has 0 aromatic heterocycles. The van der Waals surface area contributed by atoms with Crippen molar-refractivity contribution in [2.45, 2.75) is 0 Å². The third kappa shape index (κ3) is 2.17. The van der Waals surface area contributed by atoms with Gasteiger partial charge in [0.05, 0.1) is 4.92 Å². The number of benzene rings is 1. The number of nitriles is 1. The van der Waals surface area contributed by atoms with E-state index in [4.69, 9.17) is 10.00 Å². The Hall–Kier alpha value is -2.09. The first-order chi connectivity index (χ1) is 6.25. The molecule has 0 saturated carbocycles. The van der Waals surface area contributed by atoms with E-state index in [0.29, 0.717) is 0 Å². The van der Waals surface area contributed by atoms with E-state index in [1.165, 1.54) is 18.2 Å². The van der Waals surface area contributed by atoms with Crippen LogP contribution in [-0.2, 0) is 0 Å². The van der Waals surface area contributed by atoms with Crippen molar-refractivity contribution in [2.75, 3.05) is 6.61 Å². The van der Waals surface area contributed by atoms with Crippen LogP contribution in [-0.4, -0.2) is 11.5 Å². The van der Waals surface area contributed by atoms with Crippen LogP contribution in [0.3, 0.4) is 0 Å². The van der Waals surface area contributed by atoms with E-state index in [2.05, 4.69) is 0 Å². The molecule has 0 heterocycles. The molecule has 5 heteroatoms. The molecule has 13 heavy (non-hydrogen) atoms. The number of para-hydroxylation sites is 2. The third-order valence-corrected chi connectivity index (χ3v) is 1.35. The fraction of sp³-hybridized carbons (Fsp3) is 0.125. The second kappa shape index (κ2) is 4.07. The highest BCUT2D eigenvalue weighted by atomic mass is 16.6. The first-order valence-corrected chi connectivity index (χ1v) is 3.49. The predicted molar refractivity (Wildman–Crippen MR) is 44.2 cm³/mol. The Bertz CT molecular complexity index is 357. The van der Waals surface area contributed by atoms with Crippen molar-refractivity contribution in [1.82, 2.24) is 0 Å². The highest BCUT2D eigenvalue weighted by molar-refractivity contribution is 5.45. The van der Waals surface area contributed by atoms with E-state index in [-0.39, 0.29) is 18.0 Å². The molecule has 0 aliphatic rings. The summed E-state index contributed by atoms with van der Waals surface area (Å²) in [5.41, 5.74) is -0.127. The summed E-state index contributed by atoms with van der Waals surface area (Å²) in [7, 11) is 0. The Balaban J connectivity index is 2.92. The molecule has 0 bridgehead atoms. The molecule has 5 nitrogen and oxygen atoms in total. The van der Waals surface area contributed by atoms with Crippen molar-refractivity contribution in [3.05, 3.63) is 34.4 Å². The quantitative estimate of drug-likeness (QED) is 0.519. The summed E-state index contributed by atoms with van der Waals surface area (Å²) in [6, 6.07) is 7.67. The Morgan fingerprint density at radius 1 is 1.54 bits per heavy atom. The summed E-state index contributed by atoms with van der Waals surface area (Å²) in [6.07, 6.45) is 0. The Kier molecular flexibility index (Phi) is 2.82. The van der Waals surface area contributed by atoms with E-state index < -0.39 is 4.92 Å². The smallest absolute Gasteiger partial charge is 0.310 e. The first kappa shape index (κ1) is 9.00. The van der Waals surface area contributed by atoms with E-state index in [1.54, 1.807) is 12.1 Å². The summed E-state index contributed by atoms with van der Waals surface area (Å²) in [5.74, 6) is 0.119. The van der Waals surface area contributed by atoms with E-state index >= 15 is 0 Å². The van der Waals surface area contributed by atoms with Gasteiger partial charge in [-0.2, -0.15) is 5.26 Å². The number of ether oxygens (including phenoxy) is 1. The SMILES string of the molecule is N#CCOc1ccccc1[N+](=O)[O-]. The summed E-state index contributed by atoms with van der Waals surface area (Å²) < 4.78 is 4.84. The lowest BCUT2D eigenvalue weighted by molar-refractivity contribution is -0.385. The lowest BCUT2D eigenvalue weighted by Gasteiger charge is -2.00. The highest BCUT2D eigenvalue weighted by Gasteiger charge is 2.12. The van der Waals surface area contributed by atoms with Crippen molar-refractivity contribution < 1.29 is 9.66 Å². The molecular formula is C8H6N2O3. The normalized spacial score (nSPS) is 8.85. The summed E-state index contributed by atoms with van der Waals surface area (Å²) >= 11 is 0. The molecule has 0 radical (unpaired) electrons. The van der Waals surface area contributed by atoms with E-state index in [0.717, 1.165) is 0 Å². The number of rotatable bonds is 3. The van der Waals surface area contributed by atoms with Crippen molar-refractivity contribution >= 4 is 5.69 Å². The summed E-state index contributed by atoms with van der Waals surface area (Å²) in [5, 5.41) is 18.6. The van der Waals surface area contributed by atoms with Gasteiger partial charge in [0.25, 0.3) is 0 Å². The van der Waals surface area contributed by atoms with Gasteiger partial charge in [0.15, 0.2) is 12.4 Å². The molecule has 0 atom stereocenters. The average molecular weight is 178 g/mol. The molecule has 0 fully saturated rings. The fourth-order valence-corrected chi connectivity index (χ4v) is 0.840. The second-order valence-electron chi connectivity index (χ2n) is 2.17. The van der Waals surface area contributed by atoms with Gasteiger partial charge in [-0.15, -0.1) is 0 Å². The highest BCUT2D eigenvalue weighted by Crippen LogP contribution is 2.25. The van der Waals surface area contributed by atoms with Gasteiger partial charge in [-0.25, -0.2) is 0 Å².